The maximum absolute atomic E-state index is 12.4. The van der Waals surface area contributed by atoms with Crippen LogP contribution >= 0.6 is 11.3 Å². The van der Waals surface area contributed by atoms with Gasteiger partial charge in [0.05, 0.1) is 5.00 Å². The molecular formula is C15H21NO3S. The van der Waals surface area contributed by atoms with Crippen molar-refractivity contribution in [1.82, 2.24) is 0 Å². The SMILES string of the molecule is Cc1cc(NC(=O)C2CCCCC2(C)C)sc1C(=O)O. The van der Waals surface area contributed by atoms with Crippen LogP contribution in [0.2, 0.25) is 0 Å². The van der Waals surface area contributed by atoms with Crippen LogP contribution in [-0.2, 0) is 4.79 Å². The molecule has 1 atom stereocenters. The highest BCUT2D eigenvalue weighted by molar-refractivity contribution is 7.18. The summed E-state index contributed by atoms with van der Waals surface area (Å²) in [6.07, 6.45) is 4.24. The molecule has 0 aliphatic heterocycles. The summed E-state index contributed by atoms with van der Waals surface area (Å²) in [5.74, 6) is -0.911. The molecule has 1 fully saturated rings. The predicted molar refractivity (Wildman–Crippen MR) is 80.4 cm³/mol. The van der Waals surface area contributed by atoms with Crippen molar-refractivity contribution in [3.8, 4) is 0 Å². The van der Waals surface area contributed by atoms with E-state index in [0.29, 0.717) is 15.4 Å². The fourth-order valence-electron chi connectivity index (χ4n) is 2.94. The lowest BCUT2D eigenvalue weighted by molar-refractivity contribution is -0.124. The lowest BCUT2D eigenvalue weighted by Crippen LogP contribution is -2.37. The Labute approximate surface area is 123 Å². The standard InChI is InChI=1S/C15H21NO3S/c1-9-8-11(20-12(9)14(18)19)16-13(17)10-6-4-5-7-15(10,2)3/h8,10H,4-7H2,1-3H3,(H,16,17)(H,18,19). The van der Waals surface area contributed by atoms with Gasteiger partial charge < -0.3 is 10.4 Å². The van der Waals surface area contributed by atoms with E-state index in [1.54, 1.807) is 13.0 Å². The maximum atomic E-state index is 12.4. The summed E-state index contributed by atoms with van der Waals surface area (Å²) >= 11 is 1.13. The minimum Gasteiger partial charge on any atom is -0.477 e. The monoisotopic (exact) mass is 295 g/mol. The minimum atomic E-state index is -0.939. The third-order valence-corrected chi connectivity index (χ3v) is 5.32. The van der Waals surface area contributed by atoms with Crippen molar-refractivity contribution in [3.05, 3.63) is 16.5 Å². The van der Waals surface area contributed by atoms with Gasteiger partial charge in [-0.1, -0.05) is 26.7 Å². The number of hydrogen-bond donors (Lipinski definition) is 2. The molecule has 0 bridgehead atoms. The molecule has 1 saturated carbocycles. The first-order valence-corrected chi connectivity index (χ1v) is 7.77. The molecule has 1 aromatic rings. The van der Waals surface area contributed by atoms with Gasteiger partial charge in [0.1, 0.15) is 4.88 Å². The average molecular weight is 295 g/mol. The number of carbonyl (C=O) groups is 2. The van der Waals surface area contributed by atoms with E-state index >= 15 is 0 Å². The molecule has 5 heteroatoms. The fraction of sp³-hybridized carbons (Fsp3) is 0.600. The number of nitrogens with one attached hydrogen (secondary N) is 1. The van der Waals surface area contributed by atoms with Gasteiger partial charge in [-0.25, -0.2) is 4.79 Å². The van der Waals surface area contributed by atoms with Crippen molar-refractivity contribution >= 4 is 28.2 Å². The fourth-order valence-corrected chi connectivity index (χ4v) is 3.86. The van der Waals surface area contributed by atoms with Crippen molar-refractivity contribution in [2.75, 3.05) is 5.32 Å². The zero-order chi connectivity index (χ0) is 14.9. The van der Waals surface area contributed by atoms with Crippen molar-refractivity contribution in [2.45, 2.75) is 46.5 Å². The number of thiophene rings is 1. The highest BCUT2D eigenvalue weighted by Crippen LogP contribution is 2.41. The van der Waals surface area contributed by atoms with Crippen molar-refractivity contribution < 1.29 is 14.7 Å². The van der Waals surface area contributed by atoms with E-state index in [-0.39, 0.29) is 17.2 Å². The number of carbonyl (C=O) groups excluding carboxylic acids is 1. The zero-order valence-corrected chi connectivity index (χ0v) is 13.0. The topological polar surface area (TPSA) is 66.4 Å². The molecule has 1 unspecified atom stereocenters. The van der Waals surface area contributed by atoms with Crippen LogP contribution in [0.1, 0.15) is 54.8 Å². The van der Waals surface area contributed by atoms with Crippen molar-refractivity contribution in [1.29, 1.82) is 0 Å². The number of aryl methyl sites for hydroxylation is 1. The summed E-state index contributed by atoms with van der Waals surface area (Å²) in [5, 5.41) is 12.6. The van der Waals surface area contributed by atoms with Crippen LogP contribution in [0, 0.1) is 18.3 Å². The Balaban J connectivity index is 2.11. The van der Waals surface area contributed by atoms with Crippen LogP contribution in [-0.4, -0.2) is 17.0 Å². The van der Waals surface area contributed by atoms with Gasteiger partial charge in [-0.3, -0.25) is 4.79 Å². The predicted octanol–water partition coefficient (Wildman–Crippen LogP) is 3.91. The molecule has 1 aliphatic rings. The molecule has 0 radical (unpaired) electrons. The van der Waals surface area contributed by atoms with Crippen molar-refractivity contribution in [3.63, 3.8) is 0 Å². The third kappa shape index (κ3) is 3.03. The van der Waals surface area contributed by atoms with Crippen molar-refractivity contribution in [2.24, 2.45) is 11.3 Å². The number of amides is 1. The Morgan fingerprint density at radius 2 is 2.10 bits per heavy atom. The average Bonchev–Trinajstić information content (AvgIpc) is 2.69. The van der Waals surface area contributed by atoms with Gasteiger partial charge in [-0.05, 0) is 36.8 Å². The number of hydrogen-bond acceptors (Lipinski definition) is 3. The van der Waals surface area contributed by atoms with Gasteiger partial charge in [-0.2, -0.15) is 0 Å². The molecule has 1 aliphatic carbocycles. The first-order valence-electron chi connectivity index (χ1n) is 6.96. The van der Waals surface area contributed by atoms with Gasteiger partial charge in [0.25, 0.3) is 0 Å². The highest BCUT2D eigenvalue weighted by atomic mass is 32.1. The number of aromatic carboxylic acids is 1. The molecule has 2 rings (SSSR count). The number of rotatable bonds is 3. The molecule has 110 valence electrons. The molecule has 1 amide bonds. The van der Waals surface area contributed by atoms with Gasteiger partial charge in [0.2, 0.25) is 5.91 Å². The smallest absolute Gasteiger partial charge is 0.346 e. The Bertz CT molecular complexity index is 533. The second-order valence-electron chi connectivity index (χ2n) is 6.20. The Morgan fingerprint density at radius 3 is 2.65 bits per heavy atom. The molecule has 4 nitrogen and oxygen atoms in total. The van der Waals surface area contributed by atoms with Gasteiger partial charge in [-0.15, -0.1) is 11.3 Å². The number of carboxylic acid groups (broad SMARTS) is 1. The van der Waals surface area contributed by atoms with Gasteiger partial charge in [0.15, 0.2) is 0 Å². The Hall–Kier alpha value is -1.36. The van der Waals surface area contributed by atoms with E-state index in [4.69, 9.17) is 5.11 Å². The molecule has 1 aromatic heterocycles. The summed E-state index contributed by atoms with van der Waals surface area (Å²) in [7, 11) is 0. The quantitative estimate of drug-likeness (QED) is 0.888. The number of anilines is 1. The second-order valence-corrected chi connectivity index (χ2v) is 7.26. The Kier molecular flexibility index (Phi) is 4.18. The zero-order valence-electron chi connectivity index (χ0n) is 12.2. The molecule has 20 heavy (non-hydrogen) atoms. The summed E-state index contributed by atoms with van der Waals surface area (Å²) in [6.45, 7) is 6.03. The number of carboxylic acids is 1. The van der Waals surface area contributed by atoms with Crippen LogP contribution in [0.4, 0.5) is 5.00 Å². The highest BCUT2D eigenvalue weighted by Gasteiger charge is 2.37. The summed E-state index contributed by atoms with van der Waals surface area (Å²) in [6, 6.07) is 1.74. The molecule has 0 aromatic carbocycles. The van der Waals surface area contributed by atoms with Gasteiger partial charge >= 0.3 is 5.97 Å². The summed E-state index contributed by atoms with van der Waals surface area (Å²) in [5.41, 5.74) is 0.713. The lowest BCUT2D eigenvalue weighted by atomic mass is 9.68. The normalized spacial score (nSPS) is 21.4. The molecule has 0 spiro atoms. The van der Waals surface area contributed by atoms with E-state index in [9.17, 15) is 9.59 Å². The summed E-state index contributed by atoms with van der Waals surface area (Å²) < 4.78 is 0. The molecule has 1 heterocycles. The summed E-state index contributed by atoms with van der Waals surface area (Å²) in [4.78, 5) is 23.7. The van der Waals surface area contributed by atoms with E-state index in [1.807, 2.05) is 0 Å². The second kappa shape index (κ2) is 5.56. The van der Waals surface area contributed by atoms with E-state index < -0.39 is 5.97 Å². The first-order chi connectivity index (χ1) is 9.31. The molecule has 2 N–H and O–H groups in total. The molecule has 0 saturated heterocycles. The van der Waals surface area contributed by atoms with E-state index in [1.165, 1.54) is 6.42 Å². The van der Waals surface area contributed by atoms with E-state index in [0.717, 1.165) is 30.6 Å². The largest absolute Gasteiger partial charge is 0.477 e. The van der Waals surface area contributed by atoms with Crippen LogP contribution in [0.5, 0.6) is 0 Å². The van der Waals surface area contributed by atoms with E-state index in [2.05, 4.69) is 19.2 Å². The van der Waals surface area contributed by atoms with Crippen LogP contribution in [0.25, 0.3) is 0 Å². The van der Waals surface area contributed by atoms with Crippen LogP contribution < -0.4 is 5.32 Å². The molecular weight excluding hydrogens is 274 g/mol. The lowest BCUT2D eigenvalue weighted by Gasteiger charge is -2.37. The Morgan fingerprint density at radius 1 is 1.40 bits per heavy atom. The van der Waals surface area contributed by atoms with Gasteiger partial charge in [0, 0.05) is 5.92 Å². The van der Waals surface area contributed by atoms with Crippen LogP contribution in [0.3, 0.4) is 0 Å². The van der Waals surface area contributed by atoms with Crippen LogP contribution in [0.15, 0.2) is 6.07 Å². The third-order valence-electron chi connectivity index (χ3n) is 4.18. The first kappa shape index (κ1) is 15.0. The maximum Gasteiger partial charge on any atom is 0.346 e. The minimum absolute atomic E-state index is 0.00642.